The summed E-state index contributed by atoms with van der Waals surface area (Å²) in [4.78, 5) is 33.3. The highest BCUT2D eigenvalue weighted by Gasteiger charge is 2.17. The molecule has 33 heavy (non-hydrogen) atoms. The lowest BCUT2D eigenvalue weighted by Crippen LogP contribution is -2.18. The number of thioether (sulfide) groups is 1. The van der Waals surface area contributed by atoms with E-state index in [0.29, 0.717) is 27.4 Å². The molecule has 12 heteroatoms. The minimum absolute atomic E-state index is 0.0668. The number of nitrogens with zero attached hydrogens (tertiary/aromatic N) is 6. The molecule has 2 N–H and O–H groups in total. The maximum absolute atomic E-state index is 12.9. The molecule has 0 aliphatic carbocycles. The standard InChI is InChI=1S/C21H14N8O2S2/c30-15-10-12(11-32-21-24-26-27-28(21)13-6-2-1-3-7-13)22-18-17(15)19(31)29(25-18)20-23-14-8-4-5-9-16(14)33-20/h1-10H,11H2,(H2,22,25,30). The summed E-state index contributed by atoms with van der Waals surface area (Å²) < 4.78 is 3.89. The Balaban J connectivity index is 1.34. The first kappa shape index (κ1) is 19.6. The molecule has 0 spiro atoms. The van der Waals surface area contributed by atoms with Crippen LogP contribution >= 0.6 is 23.1 Å². The van der Waals surface area contributed by atoms with Crippen LogP contribution in [-0.2, 0) is 5.75 Å². The molecule has 0 amide bonds. The predicted molar refractivity (Wildman–Crippen MR) is 126 cm³/mol. The fraction of sp³-hybridized carbons (Fsp3) is 0.0476. The van der Waals surface area contributed by atoms with Gasteiger partial charge < -0.3 is 4.98 Å². The van der Waals surface area contributed by atoms with Crippen molar-refractivity contribution < 1.29 is 0 Å². The van der Waals surface area contributed by atoms with Gasteiger partial charge in [0, 0.05) is 17.5 Å². The van der Waals surface area contributed by atoms with Gasteiger partial charge >= 0.3 is 0 Å². The van der Waals surface area contributed by atoms with Crippen molar-refractivity contribution in [1.29, 1.82) is 0 Å². The Morgan fingerprint density at radius 2 is 1.85 bits per heavy atom. The van der Waals surface area contributed by atoms with Crippen LogP contribution in [0.15, 0.2) is 75.4 Å². The van der Waals surface area contributed by atoms with Gasteiger partial charge in [-0.2, -0.15) is 9.36 Å². The van der Waals surface area contributed by atoms with E-state index < -0.39 is 5.56 Å². The number of rotatable bonds is 5. The summed E-state index contributed by atoms with van der Waals surface area (Å²) in [7, 11) is 0. The molecule has 0 saturated carbocycles. The van der Waals surface area contributed by atoms with E-state index in [0.717, 1.165) is 15.9 Å². The maximum Gasteiger partial charge on any atom is 0.286 e. The zero-order valence-corrected chi connectivity index (χ0v) is 18.4. The Labute approximate surface area is 192 Å². The number of aromatic amines is 2. The molecule has 0 bridgehead atoms. The predicted octanol–water partition coefficient (Wildman–Crippen LogP) is 2.88. The van der Waals surface area contributed by atoms with E-state index >= 15 is 0 Å². The molecule has 0 saturated heterocycles. The third-order valence-corrected chi connectivity index (χ3v) is 6.99. The third-order valence-electron chi connectivity index (χ3n) is 5.00. The second-order valence-corrected chi connectivity index (χ2v) is 9.07. The molecule has 0 atom stereocenters. The van der Waals surface area contributed by atoms with Gasteiger partial charge in [-0.25, -0.2) is 4.98 Å². The molecule has 0 radical (unpaired) electrons. The molecule has 10 nitrogen and oxygen atoms in total. The van der Waals surface area contributed by atoms with Gasteiger partial charge in [0.25, 0.3) is 5.56 Å². The van der Waals surface area contributed by atoms with E-state index in [2.05, 4.69) is 30.6 Å². The van der Waals surface area contributed by atoms with Crippen molar-refractivity contribution in [3.63, 3.8) is 0 Å². The Morgan fingerprint density at radius 3 is 2.70 bits per heavy atom. The van der Waals surface area contributed by atoms with Crippen LogP contribution in [0.4, 0.5) is 0 Å². The monoisotopic (exact) mass is 474 g/mol. The molecule has 4 aromatic heterocycles. The molecule has 0 unspecified atom stereocenters. The summed E-state index contributed by atoms with van der Waals surface area (Å²) in [5.41, 5.74) is 1.83. The van der Waals surface area contributed by atoms with Gasteiger partial charge in [-0.1, -0.05) is 53.4 Å². The van der Waals surface area contributed by atoms with Crippen LogP contribution in [0.25, 0.3) is 32.1 Å². The minimum atomic E-state index is -0.433. The molecule has 4 heterocycles. The van der Waals surface area contributed by atoms with Crippen molar-refractivity contribution in [2.75, 3.05) is 0 Å². The van der Waals surface area contributed by atoms with Crippen molar-refractivity contribution in [1.82, 2.24) is 40.0 Å². The first-order valence-corrected chi connectivity index (χ1v) is 11.7. The fourth-order valence-corrected chi connectivity index (χ4v) is 5.22. The molecular weight excluding hydrogens is 460 g/mol. The molecule has 2 aromatic carbocycles. The average Bonchev–Trinajstić information content (AvgIpc) is 3.55. The highest BCUT2D eigenvalue weighted by atomic mass is 32.2. The minimum Gasteiger partial charge on any atom is -0.343 e. The third kappa shape index (κ3) is 3.45. The van der Waals surface area contributed by atoms with E-state index in [1.165, 1.54) is 33.8 Å². The lowest BCUT2D eigenvalue weighted by molar-refractivity contribution is 0.756. The van der Waals surface area contributed by atoms with E-state index in [1.54, 1.807) is 4.68 Å². The Hall–Kier alpha value is -4.03. The quantitative estimate of drug-likeness (QED) is 0.368. The van der Waals surface area contributed by atoms with Gasteiger partial charge in [0.05, 0.1) is 15.9 Å². The molecule has 0 aliphatic heterocycles. The molecule has 6 rings (SSSR count). The van der Waals surface area contributed by atoms with E-state index in [9.17, 15) is 9.59 Å². The van der Waals surface area contributed by atoms with E-state index in [4.69, 9.17) is 0 Å². The van der Waals surface area contributed by atoms with Gasteiger partial charge in [0.1, 0.15) is 11.0 Å². The highest BCUT2D eigenvalue weighted by molar-refractivity contribution is 7.98. The number of fused-ring (bicyclic) bond motifs is 2. The lowest BCUT2D eigenvalue weighted by Gasteiger charge is -2.04. The number of pyridine rings is 1. The van der Waals surface area contributed by atoms with Crippen molar-refractivity contribution >= 4 is 44.3 Å². The number of thiazole rings is 1. The second-order valence-electron chi connectivity index (χ2n) is 7.12. The zero-order valence-electron chi connectivity index (χ0n) is 16.8. The van der Waals surface area contributed by atoms with Crippen molar-refractivity contribution in [2.45, 2.75) is 10.9 Å². The van der Waals surface area contributed by atoms with Crippen molar-refractivity contribution in [2.24, 2.45) is 0 Å². The van der Waals surface area contributed by atoms with Crippen LogP contribution in [0, 0.1) is 0 Å². The molecular formula is C21H14N8O2S2. The SMILES string of the molecule is O=c1cc(CSc2nnnn2-c2ccccc2)[nH]c2[nH]n(-c3nc4ccccc4s3)c(=O)c12. The van der Waals surface area contributed by atoms with Crippen LogP contribution < -0.4 is 11.0 Å². The number of tetrazole rings is 1. The average molecular weight is 475 g/mol. The van der Waals surface area contributed by atoms with Gasteiger partial charge in [0.15, 0.2) is 5.43 Å². The van der Waals surface area contributed by atoms with Crippen LogP contribution in [0.2, 0.25) is 0 Å². The molecule has 162 valence electrons. The van der Waals surface area contributed by atoms with Crippen LogP contribution in [0.5, 0.6) is 0 Å². The Bertz CT molecular complexity index is 1700. The van der Waals surface area contributed by atoms with E-state index in [-0.39, 0.29) is 10.8 Å². The number of hydrogen-bond acceptors (Lipinski definition) is 8. The summed E-state index contributed by atoms with van der Waals surface area (Å²) in [6.45, 7) is 0. The zero-order chi connectivity index (χ0) is 22.4. The first-order valence-electron chi connectivity index (χ1n) is 9.87. The normalized spacial score (nSPS) is 11.5. The van der Waals surface area contributed by atoms with Crippen LogP contribution in [-0.4, -0.2) is 40.0 Å². The van der Waals surface area contributed by atoms with E-state index in [1.807, 2.05) is 54.6 Å². The largest absolute Gasteiger partial charge is 0.343 e. The number of para-hydroxylation sites is 2. The summed E-state index contributed by atoms with van der Waals surface area (Å²) in [5.74, 6) is 0.409. The van der Waals surface area contributed by atoms with Crippen molar-refractivity contribution in [3.05, 3.63) is 86.9 Å². The second kappa shape index (κ2) is 7.83. The van der Waals surface area contributed by atoms with Gasteiger partial charge in [0.2, 0.25) is 10.3 Å². The number of H-pyrrole nitrogens is 2. The van der Waals surface area contributed by atoms with Crippen LogP contribution in [0.1, 0.15) is 5.69 Å². The fourth-order valence-electron chi connectivity index (χ4n) is 3.49. The topological polar surface area (TPSA) is 127 Å². The molecule has 6 aromatic rings. The summed E-state index contributed by atoms with van der Waals surface area (Å²) in [6, 6.07) is 18.6. The molecule has 0 fully saturated rings. The number of hydrogen-bond donors (Lipinski definition) is 2. The first-order chi connectivity index (χ1) is 16.2. The summed E-state index contributed by atoms with van der Waals surface area (Å²) in [5, 5.41) is 16.0. The Morgan fingerprint density at radius 1 is 1.03 bits per heavy atom. The van der Waals surface area contributed by atoms with Crippen LogP contribution in [0.3, 0.4) is 0 Å². The Kier molecular flexibility index (Phi) is 4.66. The summed E-state index contributed by atoms with van der Waals surface area (Å²) in [6.07, 6.45) is 0. The maximum atomic E-state index is 12.9. The van der Waals surface area contributed by atoms with Gasteiger partial charge in [-0.05, 0) is 34.7 Å². The van der Waals surface area contributed by atoms with Gasteiger partial charge in [-0.15, -0.1) is 5.10 Å². The molecule has 0 aliphatic rings. The number of benzene rings is 2. The van der Waals surface area contributed by atoms with Gasteiger partial charge in [-0.3, -0.25) is 14.7 Å². The number of nitrogens with one attached hydrogen (secondary N) is 2. The number of aromatic nitrogens is 8. The van der Waals surface area contributed by atoms with Crippen molar-refractivity contribution in [3.8, 4) is 10.8 Å². The highest BCUT2D eigenvalue weighted by Crippen LogP contribution is 2.24. The lowest BCUT2D eigenvalue weighted by atomic mass is 10.3. The smallest absolute Gasteiger partial charge is 0.286 e. The summed E-state index contributed by atoms with van der Waals surface area (Å²) >= 11 is 2.75.